The highest BCUT2D eigenvalue weighted by molar-refractivity contribution is 5.27. The Labute approximate surface area is 78.1 Å². The van der Waals surface area contributed by atoms with Crippen LogP contribution in [0.25, 0.3) is 0 Å². The van der Waals surface area contributed by atoms with Crippen molar-refractivity contribution in [3.05, 3.63) is 5.82 Å². The van der Waals surface area contributed by atoms with Gasteiger partial charge in [-0.15, -0.1) is 10.2 Å². The van der Waals surface area contributed by atoms with Crippen molar-refractivity contribution in [1.82, 2.24) is 14.8 Å². The van der Waals surface area contributed by atoms with Crippen LogP contribution in [0.5, 0.6) is 0 Å². The van der Waals surface area contributed by atoms with Gasteiger partial charge in [0.05, 0.1) is 0 Å². The molecule has 0 aliphatic carbocycles. The van der Waals surface area contributed by atoms with E-state index in [-0.39, 0.29) is 5.95 Å². The van der Waals surface area contributed by atoms with E-state index in [1.807, 2.05) is 0 Å². The van der Waals surface area contributed by atoms with Gasteiger partial charge in [0, 0.05) is 13.1 Å². The molecule has 1 aromatic rings. The summed E-state index contributed by atoms with van der Waals surface area (Å²) in [6.07, 6.45) is -2.86. The number of fused-ring (bicyclic) bond motifs is 1. The molecule has 0 radical (unpaired) electrons. The van der Waals surface area contributed by atoms with Crippen LogP contribution in [0.4, 0.5) is 19.1 Å². The summed E-state index contributed by atoms with van der Waals surface area (Å²) in [5, 5.41) is 9.41. The fourth-order valence-electron chi connectivity index (χ4n) is 1.45. The topological polar surface area (TPSA) is 42.7 Å². The highest BCUT2D eigenvalue weighted by atomic mass is 19.4. The Morgan fingerprint density at radius 1 is 1.21 bits per heavy atom. The lowest BCUT2D eigenvalue weighted by atomic mass is 10.3. The number of anilines is 1. The van der Waals surface area contributed by atoms with Gasteiger partial charge in [0.15, 0.2) is 0 Å². The lowest BCUT2D eigenvalue weighted by molar-refractivity contribution is -0.147. The number of nitrogens with one attached hydrogen (secondary N) is 1. The molecule has 0 amide bonds. The lowest BCUT2D eigenvalue weighted by Gasteiger charge is -2.08. The zero-order valence-electron chi connectivity index (χ0n) is 7.30. The fraction of sp³-hybridized carbons (Fsp3) is 0.714. The second-order valence-electron chi connectivity index (χ2n) is 3.13. The molecule has 1 aliphatic heterocycles. The summed E-state index contributed by atoms with van der Waals surface area (Å²) in [6.45, 7) is 0.972. The molecule has 2 heterocycles. The molecule has 2 rings (SSSR count). The average molecular weight is 206 g/mol. The smallest absolute Gasteiger partial charge is 0.354 e. The molecular formula is C7H9F3N4. The van der Waals surface area contributed by atoms with Gasteiger partial charge in [0.1, 0.15) is 0 Å². The SMILES string of the molecule is FC(F)(F)c1nnc2n1CCCCN2. The summed E-state index contributed by atoms with van der Waals surface area (Å²) in [5.74, 6) is -0.697. The van der Waals surface area contributed by atoms with Crippen LogP contribution in [0.1, 0.15) is 18.7 Å². The third kappa shape index (κ3) is 1.53. The quantitative estimate of drug-likeness (QED) is 0.699. The number of halogens is 3. The van der Waals surface area contributed by atoms with Crippen molar-refractivity contribution < 1.29 is 13.2 Å². The van der Waals surface area contributed by atoms with Gasteiger partial charge in [-0.25, -0.2) is 0 Å². The Balaban J connectivity index is 2.39. The van der Waals surface area contributed by atoms with Gasteiger partial charge in [0.2, 0.25) is 11.8 Å². The molecule has 0 spiro atoms. The zero-order chi connectivity index (χ0) is 10.2. The first kappa shape index (κ1) is 9.29. The van der Waals surface area contributed by atoms with Crippen molar-refractivity contribution in [2.75, 3.05) is 11.9 Å². The first-order chi connectivity index (χ1) is 6.59. The van der Waals surface area contributed by atoms with Gasteiger partial charge in [-0.05, 0) is 12.8 Å². The monoisotopic (exact) mass is 206 g/mol. The first-order valence-electron chi connectivity index (χ1n) is 4.33. The Kier molecular flexibility index (Phi) is 2.09. The van der Waals surface area contributed by atoms with Crippen molar-refractivity contribution in [1.29, 1.82) is 0 Å². The summed E-state index contributed by atoms with van der Waals surface area (Å²) in [7, 11) is 0. The number of hydrogen-bond acceptors (Lipinski definition) is 3. The highest BCUT2D eigenvalue weighted by Crippen LogP contribution is 2.30. The van der Waals surface area contributed by atoms with Crippen LogP contribution in [0.15, 0.2) is 0 Å². The molecule has 4 nitrogen and oxygen atoms in total. The maximum atomic E-state index is 12.4. The van der Waals surface area contributed by atoms with Crippen molar-refractivity contribution in [3.8, 4) is 0 Å². The summed E-state index contributed by atoms with van der Waals surface area (Å²) in [5.41, 5.74) is 0. The van der Waals surface area contributed by atoms with Crippen molar-refractivity contribution >= 4 is 5.95 Å². The van der Waals surface area contributed by atoms with E-state index in [0.29, 0.717) is 19.5 Å². The molecule has 0 bridgehead atoms. The second-order valence-corrected chi connectivity index (χ2v) is 3.13. The van der Waals surface area contributed by atoms with E-state index in [2.05, 4.69) is 15.5 Å². The molecule has 1 N–H and O–H groups in total. The second kappa shape index (κ2) is 3.14. The van der Waals surface area contributed by atoms with E-state index in [4.69, 9.17) is 0 Å². The number of rotatable bonds is 0. The molecule has 14 heavy (non-hydrogen) atoms. The number of nitrogens with zero attached hydrogens (tertiary/aromatic N) is 3. The van der Waals surface area contributed by atoms with E-state index in [1.54, 1.807) is 0 Å². The average Bonchev–Trinajstić information content (AvgIpc) is 2.36. The normalized spacial score (nSPS) is 17.1. The molecule has 0 fully saturated rings. The molecule has 78 valence electrons. The van der Waals surface area contributed by atoms with Gasteiger partial charge in [-0.1, -0.05) is 0 Å². The minimum atomic E-state index is -4.42. The summed E-state index contributed by atoms with van der Waals surface area (Å²) < 4.78 is 38.3. The molecule has 0 unspecified atom stereocenters. The molecular weight excluding hydrogens is 197 g/mol. The standard InChI is InChI=1S/C7H9F3N4/c8-7(9,10)5-12-13-6-11-3-1-2-4-14(5)6/h1-4H2,(H,11,13). The van der Waals surface area contributed by atoms with Crippen LogP contribution in [-0.2, 0) is 12.7 Å². The third-order valence-corrected chi connectivity index (χ3v) is 2.10. The van der Waals surface area contributed by atoms with Crippen molar-refractivity contribution in [3.63, 3.8) is 0 Å². The Morgan fingerprint density at radius 2 is 2.00 bits per heavy atom. The largest absolute Gasteiger partial charge is 0.451 e. The van der Waals surface area contributed by atoms with Crippen LogP contribution < -0.4 is 5.32 Å². The van der Waals surface area contributed by atoms with Crippen LogP contribution >= 0.6 is 0 Å². The van der Waals surface area contributed by atoms with E-state index in [0.717, 1.165) is 11.0 Å². The van der Waals surface area contributed by atoms with Gasteiger partial charge in [-0.3, -0.25) is 4.57 Å². The number of hydrogen-bond donors (Lipinski definition) is 1. The van der Waals surface area contributed by atoms with E-state index < -0.39 is 12.0 Å². The lowest BCUT2D eigenvalue weighted by Crippen LogP contribution is -2.15. The number of aromatic nitrogens is 3. The van der Waals surface area contributed by atoms with Crippen LogP contribution in [-0.4, -0.2) is 21.3 Å². The fourth-order valence-corrected chi connectivity index (χ4v) is 1.45. The predicted molar refractivity (Wildman–Crippen MR) is 42.7 cm³/mol. The van der Waals surface area contributed by atoms with E-state index in [9.17, 15) is 13.2 Å². The minimum Gasteiger partial charge on any atom is -0.354 e. The third-order valence-electron chi connectivity index (χ3n) is 2.10. The summed E-state index contributed by atoms with van der Waals surface area (Å²) in [6, 6.07) is 0. The molecule has 1 aliphatic rings. The van der Waals surface area contributed by atoms with Crippen molar-refractivity contribution in [2.45, 2.75) is 25.6 Å². The Morgan fingerprint density at radius 3 is 2.71 bits per heavy atom. The molecule has 7 heteroatoms. The Bertz CT molecular complexity index is 330. The Hall–Kier alpha value is -1.27. The van der Waals surface area contributed by atoms with E-state index in [1.165, 1.54) is 0 Å². The molecule has 1 aromatic heterocycles. The van der Waals surface area contributed by atoms with Crippen LogP contribution in [0, 0.1) is 0 Å². The minimum absolute atomic E-state index is 0.217. The first-order valence-corrected chi connectivity index (χ1v) is 4.33. The van der Waals surface area contributed by atoms with Crippen LogP contribution in [0.3, 0.4) is 0 Å². The predicted octanol–water partition coefficient (Wildman–Crippen LogP) is 1.50. The van der Waals surface area contributed by atoms with Crippen molar-refractivity contribution in [2.24, 2.45) is 0 Å². The van der Waals surface area contributed by atoms with Gasteiger partial charge < -0.3 is 5.32 Å². The zero-order valence-corrected chi connectivity index (χ0v) is 7.30. The molecule has 0 aromatic carbocycles. The molecule has 0 saturated heterocycles. The maximum absolute atomic E-state index is 12.4. The van der Waals surface area contributed by atoms with Gasteiger partial charge >= 0.3 is 6.18 Å². The summed E-state index contributed by atoms with van der Waals surface area (Å²) in [4.78, 5) is 0. The van der Waals surface area contributed by atoms with Gasteiger partial charge in [-0.2, -0.15) is 13.2 Å². The van der Waals surface area contributed by atoms with Crippen LogP contribution in [0.2, 0.25) is 0 Å². The number of alkyl halides is 3. The molecule has 0 atom stereocenters. The molecule has 0 saturated carbocycles. The van der Waals surface area contributed by atoms with Gasteiger partial charge in [0.25, 0.3) is 0 Å². The maximum Gasteiger partial charge on any atom is 0.451 e. The highest BCUT2D eigenvalue weighted by Gasteiger charge is 2.38. The summed E-state index contributed by atoms with van der Waals surface area (Å²) >= 11 is 0. The van der Waals surface area contributed by atoms with E-state index >= 15 is 0 Å².